The molecule has 6 rings (SSSR count). The van der Waals surface area contributed by atoms with Crippen molar-refractivity contribution in [2.75, 3.05) is 19.0 Å². The molecule has 200 valence electrons. The van der Waals surface area contributed by atoms with Gasteiger partial charge in [0.05, 0.1) is 42.1 Å². The molecule has 0 bridgehead atoms. The number of ether oxygens (including phenoxy) is 3. The topological polar surface area (TPSA) is 74.6 Å². The van der Waals surface area contributed by atoms with Crippen molar-refractivity contribution in [3.8, 4) is 11.5 Å². The molecule has 5 aromatic rings. The molecule has 0 fully saturated rings. The van der Waals surface area contributed by atoms with Crippen molar-refractivity contribution < 1.29 is 19.0 Å². The molecule has 1 atom stereocenters. The second-order valence-electron chi connectivity index (χ2n) is 9.40. The molecular weight excluding hydrogens is 502 g/mol. The Bertz CT molecular complexity index is 1670. The van der Waals surface area contributed by atoms with Gasteiger partial charge in [0, 0.05) is 0 Å². The summed E-state index contributed by atoms with van der Waals surface area (Å²) >= 11 is 0. The maximum atomic E-state index is 13.7. The summed E-state index contributed by atoms with van der Waals surface area (Å²) in [5.41, 5.74) is 5.73. The molecule has 0 unspecified atom stereocenters. The minimum Gasteiger partial charge on any atom is -0.497 e. The van der Waals surface area contributed by atoms with Gasteiger partial charge in [0.2, 0.25) is 5.95 Å². The molecule has 2 heterocycles. The first-order valence-corrected chi connectivity index (χ1v) is 13.2. The Morgan fingerprint density at radius 3 is 2.30 bits per heavy atom. The van der Waals surface area contributed by atoms with Gasteiger partial charge in [0.25, 0.3) is 0 Å². The Balaban J connectivity index is 1.47. The number of esters is 1. The Hall–Kier alpha value is -5.04. The van der Waals surface area contributed by atoms with E-state index in [0.29, 0.717) is 23.8 Å². The lowest BCUT2D eigenvalue weighted by molar-refractivity contribution is -0.138. The predicted octanol–water partition coefficient (Wildman–Crippen LogP) is 6.61. The molecule has 4 aromatic carbocycles. The number of anilines is 1. The molecule has 1 aromatic heterocycles. The van der Waals surface area contributed by atoms with Crippen LogP contribution in [-0.4, -0.2) is 29.2 Å². The predicted molar refractivity (Wildman–Crippen MR) is 155 cm³/mol. The molecule has 0 saturated heterocycles. The third-order valence-corrected chi connectivity index (χ3v) is 6.95. The smallest absolute Gasteiger partial charge is 0.338 e. The van der Waals surface area contributed by atoms with Crippen molar-refractivity contribution in [2.24, 2.45) is 0 Å². The number of hydrogen-bond acceptors (Lipinski definition) is 6. The lowest BCUT2D eigenvalue weighted by Gasteiger charge is -2.31. The standard InChI is InChI=1S/C33H29N3O4/c1-3-39-32(37)29-30(23-13-17-25(38-2)18-14-23)35-33-34-27-11-7-8-12-28(27)36(33)31(29)24-15-19-26(20-16-24)40-21-22-9-5-4-6-10-22/h4-20,31H,3,21H2,1-2H3,(H,34,35)/t31-/m1/s1. The summed E-state index contributed by atoms with van der Waals surface area (Å²) in [5, 5.41) is 3.44. The number of rotatable bonds is 8. The van der Waals surface area contributed by atoms with Crippen LogP contribution in [0.25, 0.3) is 16.7 Å². The van der Waals surface area contributed by atoms with Crippen molar-refractivity contribution in [3.05, 3.63) is 125 Å². The van der Waals surface area contributed by atoms with Gasteiger partial charge < -0.3 is 19.5 Å². The third-order valence-electron chi connectivity index (χ3n) is 6.95. The molecule has 0 amide bonds. The van der Waals surface area contributed by atoms with Crippen molar-refractivity contribution in [1.82, 2.24) is 9.55 Å². The molecule has 7 nitrogen and oxygen atoms in total. The van der Waals surface area contributed by atoms with Gasteiger partial charge in [-0.1, -0.05) is 54.6 Å². The maximum absolute atomic E-state index is 13.7. The fourth-order valence-electron chi connectivity index (χ4n) is 5.05. The Kier molecular flexibility index (Phi) is 6.93. The largest absolute Gasteiger partial charge is 0.497 e. The summed E-state index contributed by atoms with van der Waals surface area (Å²) < 4.78 is 19.1. The minimum atomic E-state index is -0.483. The number of nitrogens with zero attached hydrogens (tertiary/aromatic N) is 2. The van der Waals surface area contributed by atoms with E-state index >= 15 is 0 Å². The number of fused-ring (bicyclic) bond motifs is 3. The van der Waals surface area contributed by atoms with Crippen LogP contribution in [0.1, 0.15) is 29.7 Å². The van der Waals surface area contributed by atoms with Crippen LogP contribution in [-0.2, 0) is 16.1 Å². The lowest BCUT2D eigenvalue weighted by atomic mass is 9.92. The maximum Gasteiger partial charge on any atom is 0.338 e. The molecule has 0 saturated carbocycles. The first-order valence-electron chi connectivity index (χ1n) is 13.2. The van der Waals surface area contributed by atoms with Gasteiger partial charge >= 0.3 is 5.97 Å². The van der Waals surface area contributed by atoms with Gasteiger partial charge in [-0.05, 0) is 72.1 Å². The number of imidazole rings is 1. The number of carbonyl (C=O) groups is 1. The summed E-state index contributed by atoms with van der Waals surface area (Å²) in [6, 6.07) is 33.0. The van der Waals surface area contributed by atoms with Crippen LogP contribution in [0.2, 0.25) is 0 Å². The zero-order valence-corrected chi connectivity index (χ0v) is 22.3. The van der Waals surface area contributed by atoms with Crippen molar-refractivity contribution >= 4 is 28.6 Å². The zero-order chi connectivity index (χ0) is 27.5. The molecule has 1 N–H and O–H groups in total. The van der Waals surface area contributed by atoms with Crippen molar-refractivity contribution in [1.29, 1.82) is 0 Å². The van der Waals surface area contributed by atoms with Crippen LogP contribution in [0.3, 0.4) is 0 Å². The van der Waals surface area contributed by atoms with E-state index in [9.17, 15) is 4.79 Å². The Labute approximate surface area is 232 Å². The van der Waals surface area contributed by atoms with Crippen LogP contribution < -0.4 is 14.8 Å². The van der Waals surface area contributed by atoms with Crippen LogP contribution >= 0.6 is 0 Å². The van der Waals surface area contributed by atoms with Crippen LogP contribution in [0.15, 0.2) is 109 Å². The fourth-order valence-corrected chi connectivity index (χ4v) is 5.05. The van der Waals surface area contributed by atoms with E-state index in [1.165, 1.54) is 0 Å². The van der Waals surface area contributed by atoms with Gasteiger partial charge in [-0.3, -0.25) is 4.57 Å². The SMILES string of the molecule is CCOC(=O)C1=C(c2ccc(OC)cc2)Nc2nc3ccccc3n2[C@@H]1c1ccc(OCc2ccccc2)cc1. The number of aromatic nitrogens is 2. The Morgan fingerprint density at radius 2 is 1.57 bits per heavy atom. The lowest BCUT2D eigenvalue weighted by Crippen LogP contribution is -2.29. The number of nitrogens with one attached hydrogen (secondary N) is 1. The van der Waals surface area contributed by atoms with E-state index in [4.69, 9.17) is 19.2 Å². The molecule has 7 heteroatoms. The number of carbonyl (C=O) groups excluding carboxylic acids is 1. The summed E-state index contributed by atoms with van der Waals surface area (Å²) in [6.45, 7) is 2.54. The molecule has 1 aliphatic rings. The second kappa shape index (κ2) is 11.0. The van der Waals surface area contributed by atoms with Gasteiger partial charge in [0.15, 0.2) is 0 Å². The highest BCUT2D eigenvalue weighted by Crippen LogP contribution is 2.42. The number of hydrogen-bond donors (Lipinski definition) is 1. The molecule has 1 aliphatic heterocycles. The zero-order valence-electron chi connectivity index (χ0n) is 22.3. The van der Waals surface area contributed by atoms with Crippen molar-refractivity contribution in [3.63, 3.8) is 0 Å². The van der Waals surface area contributed by atoms with Crippen LogP contribution in [0.4, 0.5) is 5.95 Å². The highest BCUT2D eigenvalue weighted by atomic mass is 16.5. The van der Waals surface area contributed by atoms with Gasteiger partial charge in [-0.15, -0.1) is 0 Å². The Morgan fingerprint density at radius 1 is 0.875 bits per heavy atom. The highest BCUT2D eigenvalue weighted by molar-refractivity contribution is 6.03. The second-order valence-corrected chi connectivity index (χ2v) is 9.40. The molecule has 0 spiro atoms. The van der Waals surface area contributed by atoms with Gasteiger partial charge in [-0.25, -0.2) is 9.78 Å². The van der Waals surface area contributed by atoms with E-state index in [-0.39, 0.29) is 6.61 Å². The summed E-state index contributed by atoms with van der Waals surface area (Å²) in [6.07, 6.45) is 0. The summed E-state index contributed by atoms with van der Waals surface area (Å²) in [4.78, 5) is 18.6. The number of benzene rings is 4. The molecular formula is C33H29N3O4. The van der Waals surface area contributed by atoms with E-state index in [2.05, 4.69) is 9.88 Å². The fraction of sp³-hybridized carbons (Fsp3) is 0.152. The van der Waals surface area contributed by atoms with Crippen LogP contribution in [0, 0.1) is 0 Å². The van der Waals surface area contributed by atoms with E-state index in [1.54, 1.807) is 7.11 Å². The summed E-state index contributed by atoms with van der Waals surface area (Å²) in [7, 11) is 1.63. The van der Waals surface area contributed by atoms with Gasteiger partial charge in [0.1, 0.15) is 18.1 Å². The number of para-hydroxylation sites is 2. The van der Waals surface area contributed by atoms with E-state index in [1.807, 2.05) is 110 Å². The minimum absolute atomic E-state index is 0.259. The average molecular weight is 532 g/mol. The number of methoxy groups -OCH3 is 1. The first-order chi connectivity index (χ1) is 19.7. The molecule has 0 aliphatic carbocycles. The normalized spacial score (nSPS) is 14.4. The molecule has 0 radical (unpaired) electrons. The quantitative estimate of drug-likeness (QED) is 0.227. The van der Waals surface area contributed by atoms with E-state index in [0.717, 1.165) is 39.2 Å². The molecule has 40 heavy (non-hydrogen) atoms. The van der Waals surface area contributed by atoms with Gasteiger partial charge in [-0.2, -0.15) is 0 Å². The monoisotopic (exact) mass is 531 g/mol. The van der Waals surface area contributed by atoms with E-state index < -0.39 is 12.0 Å². The van der Waals surface area contributed by atoms with Crippen LogP contribution in [0.5, 0.6) is 11.5 Å². The van der Waals surface area contributed by atoms with Crippen molar-refractivity contribution in [2.45, 2.75) is 19.6 Å². The first kappa shape index (κ1) is 25.2. The average Bonchev–Trinajstić information content (AvgIpc) is 3.38. The highest BCUT2D eigenvalue weighted by Gasteiger charge is 2.36. The summed E-state index contributed by atoms with van der Waals surface area (Å²) in [5.74, 6) is 1.73. The third kappa shape index (κ3) is 4.78.